The Kier molecular flexibility index (Phi) is 11.2. The number of anilines is 1. The zero-order valence-corrected chi connectivity index (χ0v) is 26.3. The molecule has 1 aliphatic rings. The molecule has 14 nitrogen and oxygen atoms in total. The molecule has 4 rings (SSSR count). The van der Waals surface area contributed by atoms with Crippen LogP contribution >= 0.6 is 19.5 Å². The van der Waals surface area contributed by atoms with Crippen LogP contribution in [0.15, 0.2) is 43.0 Å². The molecule has 2 aromatic heterocycles. The average Bonchev–Trinajstić information content (AvgIpc) is 3.60. The Morgan fingerprint density at radius 3 is 2.72 bits per heavy atom. The van der Waals surface area contributed by atoms with E-state index in [0.717, 1.165) is 17.3 Å². The zero-order valence-electron chi connectivity index (χ0n) is 24.6. The molecule has 1 amide bonds. The first-order valence-electron chi connectivity index (χ1n) is 13.8. The Labute approximate surface area is 254 Å². The number of hydrogen-bond acceptors (Lipinski definition) is 12. The Bertz CT molecular complexity index is 1440. The van der Waals surface area contributed by atoms with E-state index in [2.05, 4.69) is 30.1 Å². The number of rotatable bonds is 14. The maximum atomic E-state index is 13.8. The predicted molar refractivity (Wildman–Crippen MR) is 162 cm³/mol. The third-order valence-corrected chi connectivity index (χ3v) is 9.60. The zero-order chi connectivity index (χ0) is 31.0. The number of nitrogen functional groups attached to an aromatic ring is 1. The van der Waals surface area contributed by atoms with Gasteiger partial charge in [0.15, 0.2) is 16.6 Å². The smallest absolute Gasteiger partial charge is 0.406 e. The maximum Gasteiger partial charge on any atom is 0.406 e. The number of hydrogen-bond donors (Lipinski definition) is 3. The summed E-state index contributed by atoms with van der Waals surface area (Å²) in [4.78, 5) is 36.7. The summed E-state index contributed by atoms with van der Waals surface area (Å²) >= 11 is 1.03. The van der Waals surface area contributed by atoms with Crippen molar-refractivity contribution in [3.8, 4) is 0 Å². The fourth-order valence-corrected chi connectivity index (χ4v) is 6.71. The number of nitrogens with two attached hydrogens (primary N) is 1. The molecular weight excluding hydrogens is 597 g/mol. The van der Waals surface area contributed by atoms with Gasteiger partial charge >= 0.3 is 13.8 Å². The van der Waals surface area contributed by atoms with Gasteiger partial charge in [0, 0.05) is 24.8 Å². The highest BCUT2D eigenvalue weighted by Crippen LogP contribution is 2.46. The van der Waals surface area contributed by atoms with Gasteiger partial charge in [-0.1, -0.05) is 62.9 Å². The first-order valence-corrected chi connectivity index (χ1v) is 16.3. The molecule has 4 atom stereocenters. The topological polar surface area (TPSA) is 182 Å². The number of ether oxygens (including phenoxy) is 2. The Morgan fingerprint density at radius 2 is 1.98 bits per heavy atom. The highest BCUT2D eigenvalue weighted by Gasteiger charge is 2.37. The van der Waals surface area contributed by atoms with Crippen LogP contribution in [0.5, 0.6) is 0 Å². The normalized spacial score (nSPS) is 20.1. The van der Waals surface area contributed by atoms with Crippen molar-refractivity contribution < 1.29 is 32.7 Å². The second-order valence-corrected chi connectivity index (χ2v) is 13.7. The molecule has 0 spiro atoms. The highest BCUT2D eigenvalue weighted by atomic mass is 32.2. The molecule has 0 bridgehead atoms. The number of thioether (sulfide) groups is 1. The molecule has 1 fully saturated rings. The number of amides is 1. The molecule has 234 valence electrons. The minimum atomic E-state index is -3.80. The number of benzene rings is 1. The summed E-state index contributed by atoms with van der Waals surface area (Å²) in [6, 6.07) is 9.46. The fourth-order valence-electron chi connectivity index (χ4n) is 4.44. The van der Waals surface area contributed by atoms with E-state index < -0.39 is 19.3 Å². The van der Waals surface area contributed by atoms with E-state index in [9.17, 15) is 14.2 Å². The minimum Gasteiger partial charge on any atom is -0.453 e. The van der Waals surface area contributed by atoms with Gasteiger partial charge in [0.2, 0.25) is 0 Å². The quantitative estimate of drug-likeness (QED) is 0.171. The molecule has 1 saturated heterocycles. The van der Waals surface area contributed by atoms with Crippen molar-refractivity contribution in [2.24, 2.45) is 11.3 Å². The lowest BCUT2D eigenvalue weighted by Gasteiger charge is -2.23. The van der Waals surface area contributed by atoms with Gasteiger partial charge in [-0.3, -0.25) is 18.4 Å². The van der Waals surface area contributed by atoms with Gasteiger partial charge in [0.1, 0.15) is 18.1 Å². The van der Waals surface area contributed by atoms with Crippen molar-refractivity contribution in [3.63, 3.8) is 0 Å². The molecule has 4 unspecified atom stereocenters. The van der Waals surface area contributed by atoms with Crippen LogP contribution in [0.25, 0.3) is 11.2 Å². The van der Waals surface area contributed by atoms with Crippen molar-refractivity contribution in [2.45, 2.75) is 46.1 Å². The van der Waals surface area contributed by atoms with E-state index in [1.54, 1.807) is 20.2 Å². The third-order valence-electron chi connectivity index (χ3n) is 6.86. The Morgan fingerprint density at radius 1 is 1.21 bits per heavy atom. The molecule has 0 aliphatic carbocycles. The molecule has 1 aliphatic heterocycles. The SMILES string of the molecule is COC(=O)NCC(C)(C)C(=O)SCCOP(=O)(NCc1ccccc1)OCC1CC(C)C(n2cnc3c(N)ncnc32)O1. The van der Waals surface area contributed by atoms with E-state index >= 15 is 0 Å². The van der Waals surface area contributed by atoms with E-state index in [1.165, 1.54) is 13.4 Å². The van der Waals surface area contributed by atoms with Crippen molar-refractivity contribution in [1.82, 2.24) is 29.9 Å². The van der Waals surface area contributed by atoms with Crippen LogP contribution in [0, 0.1) is 11.3 Å². The van der Waals surface area contributed by atoms with Gasteiger partial charge in [-0.25, -0.2) is 29.4 Å². The molecule has 16 heteroatoms. The maximum absolute atomic E-state index is 13.8. The number of carbonyl (C=O) groups excluding carboxylic acids is 2. The standard InChI is InChI=1S/C27H38N7O7PS/c1-18-12-20(41-24(18)34-17-32-21-22(28)30-16-31-23(21)34)14-40-42(37,33-13-19-8-6-5-7-9-19)39-10-11-43-25(35)27(2,3)15-29-26(36)38-4/h5-9,16-18,20,24H,10-15H2,1-4H3,(H,29,36)(H,33,37)(H2,28,30,31). The molecule has 3 heterocycles. The lowest BCUT2D eigenvalue weighted by molar-refractivity contribution is -0.117. The van der Waals surface area contributed by atoms with Crippen LogP contribution in [0.1, 0.15) is 39.0 Å². The first kappa shape index (κ1) is 32.8. The van der Waals surface area contributed by atoms with Crippen LogP contribution in [0.3, 0.4) is 0 Å². The third kappa shape index (κ3) is 8.74. The first-order chi connectivity index (χ1) is 20.5. The Hall–Kier alpha value is -3.07. The predicted octanol–water partition coefficient (Wildman–Crippen LogP) is 3.91. The summed E-state index contributed by atoms with van der Waals surface area (Å²) < 4.78 is 38.1. The number of carbonyl (C=O) groups is 2. The van der Waals surface area contributed by atoms with Crippen LogP contribution in [-0.2, 0) is 34.4 Å². The van der Waals surface area contributed by atoms with Gasteiger partial charge < -0.3 is 20.5 Å². The molecule has 3 aromatic rings. The molecule has 1 aromatic carbocycles. The summed E-state index contributed by atoms with van der Waals surface area (Å²) in [6.45, 7) is 5.86. The molecule has 4 N–H and O–H groups in total. The molecule has 0 radical (unpaired) electrons. The second kappa shape index (κ2) is 14.6. The number of aromatic nitrogens is 4. The van der Waals surface area contributed by atoms with E-state index in [0.29, 0.717) is 17.6 Å². The van der Waals surface area contributed by atoms with Crippen LogP contribution in [0.4, 0.5) is 10.6 Å². The van der Waals surface area contributed by atoms with Gasteiger partial charge in [-0.2, -0.15) is 0 Å². The van der Waals surface area contributed by atoms with Crippen molar-refractivity contribution >= 4 is 47.7 Å². The lowest BCUT2D eigenvalue weighted by atomic mass is 9.96. The minimum absolute atomic E-state index is 0.0112. The summed E-state index contributed by atoms with van der Waals surface area (Å²) in [5.41, 5.74) is 7.07. The van der Waals surface area contributed by atoms with Gasteiger partial charge in [0.25, 0.3) is 0 Å². The largest absolute Gasteiger partial charge is 0.453 e. The number of nitrogens with zero attached hydrogens (tertiary/aromatic N) is 4. The summed E-state index contributed by atoms with van der Waals surface area (Å²) in [6.07, 6.45) is 2.30. The van der Waals surface area contributed by atoms with Gasteiger partial charge in [0.05, 0.1) is 38.2 Å². The van der Waals surface area contributed by atoms with Crippen molar-refractivity contribution in [1.29, 1.82) is 0 Å². The second-order valence-electron chi connectivity index (χ2n) is 10.8. The summed E-state index contributed by atoms with van der Waals surface area (Å²) in [5, 5.41) is 5.31. The van der Waals surface area contributed by atoms with Crippen LogP contribution in [-0.4, -0.2) is 69.5 Å². The molecule has 43 heavy (non-hydrogen) atoms. The fraction of sp³-hybridized carbons (Fsp3) is 0.519. The summed E-state index contributed by atoms with van der Waals surface area (Å²) in [7, 11) is -2.54. The highest BCUT2D eigenvalue weighted by molar-refractivity contribution is 8.13. The molecular formula is C27H38N7O7PS. The van der Waals surface area contributed by atoms with Crippen LogP contribution < -0.4 is 16.1 Å². The van der Waals surface area contributed by atoms with Crippen LogP contribution in [0.2, 0.25) is 0 Å². The van der Waals surface area contributed by atoms with E-state index in [-0.39, 0.29) is 61.2 Å². The van der Waals surface area contributed by atoms with Gasteiger partial charge in [-0.05, 0) is 12.0 Å². The molecule has 0 saturated carbocycles. The van der Waals surface area contributed by atoms with Gasteiger partial charge in [-0.15, -0.1) is 0 Å². The van der Waals surface area contributed by atoms with Crippen molar-refractivity contribution in [3.05, 3.63) is 48.5 Å². The number of imidazole rings is 1. The lowest BCUT2D eigenvalue weighted by Crippen LogP contribution is -2.38. The number of nitrogens with one attached hydrogen (secondary N) is 2. The summed E-state index contributed by atoms with van der Waals surface area (Å²) in [5.74, 6) is 0.607. The Balaban J connectivity index is 1.34. The monoisotopic (exact) mass is 635 g/mol. The van der Waals surface area contributed by atoms with E-state index in [1.807, 2.05) is 41.8 Å². The average molecular weight is 636 g/mol. The number of methoxy groups -OCH3 is 1. The number of alkyl carbamates (subject to hydrolysis) is 1. The number of fused-ring (bicyclic) bond motifs is 1. The van der Waals surface area contributed by atoms with E-state index in [4.69, 9.17) is 19.5 Å². The van der Waals surface area contributed by atoms with Crippen molar-refractivity contribution in [2.75, 3.05) is 38.4 Å².